The first kappa shape index (κ1) is 12.4. The molecule has 0 fully saturated rings. The van der Waals surface area contributed by atoms with E-state index in [1.807, 2.05) is 0 Å². The minimum absolute atomic E-state index is 0.554. The van der Waals surface area contributed by atoms with Gasteiger partial charge in [-0.3, -0.25) is 0 Å². The molecule has 0 N–H and O–H groups in total. The van der Waals surface area contributed by atoms with Crippen molar-refractivity contribution in [3.05, 3.63) is 71.3 Å². The molecule has 88 valence electrons. The van der Waals surface area contributed by atoms with E-state index in [1.165, 1.54) is 16.7 Å². The van der Waals surface area contributed by atoms with Crippen molar-refractivity contribution in [1.82, 2.24) is 0 Å². The summed E-state index contributed by atoms with van der Waals surface area (Å²) < 4.78 is 0. The molecule has 17 heavy (non-hydrogen) atoms. The van der Waals surface area contributed by atoms with Gasteiger partial charge in [0.05, 0.1) is 0 Å². The zero-order chi connectivity index (χ0) is 12.1. The molecule has 1 unspecified atom stereocenters. The number of hydrogen-bond acceptors (Lipinski definition) is 0. The van der Waals surface area contributed by atoms with E-state index in [0.717, 1.165) is 11.8 Å². The van der Waals surface area contributed by atoms with Gasteiger partial charge in [0.15, 0.2) is 0 Å². The Kier molecular flexibility index (Phi) is 4.38. The van der Waals surface area contributed by atoms with Gasteiger partial charge in [-0.25, -0.2) is 0 Å². The molecule has 0 heterocycles. The van der Waals surface area contributed by atoms with Crippen LogP contribution in [0.15, 0.2) is 54.6 Å². The normalized spacial score (nSPS) is 12.4. The summed E-state index contributed by atoms with van der Waals surface area (Å²) in [6.07, 6.45) is 1.09. The Labute approximate surface area is 112 Å². The van der Waals surface area contributed by atoms with Crippen molar-refractivity contribution in [1.29, 1.82) is 0 Å². The summed E-state index contributed by atoms with van der Waals surface area (Å²) in [5, 5.41) is 1.00. The lowest BCUT2D eigenvalue weighted by Gasteiger charge is -2.15. The lowest BCUT2D eigenvalue weighted by atomic mass is 9.93. The molecular formula is C16H17Br. The largest absolute Gasteiger partial charge is 0.0921 e. The van der Waals surface area contributed by atoms with Gasteiger partial charge < -0.3 is 0 Å². The van der Waals surface area contributed by atoms with Crippen molar-refractivity contribution in [2.45, 2.75) is 19.3 Å². The van der Waals surface area contributed by atoms with Crippen LogP contribution in [0.2, 0.25) is 0 Å². The number of aryl methyl sites for hydroxylation is 1. The van der Waals surface area contributed by atoms with Crippen LogP contribution in [0.1, 0.15) is 22.6 Å². The van der Waals surface area contributed by atoms with E-state index in [4.69, 9.17) is 0 Å². The summed E-state index contributed by atoms with van der Waals surface area (Å²) >= 11 is 3.63. The molecule has 2 aromatic rings. The third-order valence-corrected chi connectivity index (χ3v) is 3.84. The van der Waals surface area contributed by atoms with Crippen molar-refractivity contribution in [3.8, 4) is 0 Å². The molecule has 0 aromatic heterocycles. The molecule has 0 amide bonds. The van der Waals surface area contributed by atoms with Crippen LogP contribution in [0, 0.1) is 6.92 Å². The standard InChI is InChI=1S/C16H17Br/c1-13-7-9-15(10-8-13)16(12-17)11-14-5-3-2-4-6-14/h2-10,16H,11-12H2,1H3. The monoisotopic (exact) mass is 288 g/mol. The van der Waals surface area contributed by atoms with Crippen molar-refractivity contribution in [3.63, 3.8) is 0 Å². The van der Waals surface area contributed by atoms with Gasteiger partial charge in [-0.05, 0) is 30.4 Å². The Morgan fingerprint density at radius 1 is 0.941 bits per heavy atom. The fraction of sp³-hybridized carbons (Fsp3) is 0.250. The molecule has 0 radical (unpaired) electrons. The van der Waals surface area contributed by atoms with E-state index in [9.17, 15) is 0 Å². The third kappa shape index (κ3) is 3.44. The first-order valence-electron chi connectivity index (χ1n) is 5.96. The van der Waals surface area contributed by atoms with Gasteiger partial charge in [0, 0.05) is 5.33 Å². The second-order valence-corrected chi connectivity index (χ2v) is 5.10. The zero-order valence-electron chi connectivity index (χ0n) is 10.1. The topological polar surface area (TPSA) is 0 Å². The third-order valence-electron chi connectivity index (χ3n) is 3.06. The number of rotatable bonds is 4. The molecule has 2 aromatic carbocycles. The number of alkyl halides is 1. The summed E-state index contributed by atoms with van der Waals surface area (Å²) in [6.45, 7) is 2.13. The SMILES string of the molecule is Cc1ccc(C(CBr)Cc2ccccc2)cc1. The molecule has 1 heteroatoms. The van der Waals surface area contributed by atoms with Crippen molar-refractivity contribution in [2.24, 2.45) is 0 Å². The number of hydrogen-bond donors (Lipinski definition) is 0. The molecule has 0 saturated carbocycles. The Hall–Kier alpha value is -1.08. The predicted molar refractivity (Wildman–Crippen MR) is 77.9 cm³/mol. The molecular weight excluding hydrogens is 272 g/mol. The maximum Gasteiger partial charge on any atom is 0.0103 e. The van der Waals surface area contributed by atoms with Gasteiger partial charge in [0.1, 0.15) is 0 Å². The zero-order valence-corrected chi connectivity index (χ0v) is 11.7. The lowest BCUT2D eigenvalue weighted by molar-refractivity contribution is 0.775. The smallest absolute Gasteiger partial charge is 0.0103 e. The van der Waals surface area contributed by atoms with Crippen molar-refractivity contribution < 1.29 is 0 Å². The molecule has 0 aliphatic rings. The fourth-order valence-corrected chi connectivity index (χ4v) is 2.60. The molecule has 0 aliphatic heterocycles. The summed E-state index contributed by atoms with van der Waals surface area (Å²) in [5.41, 5.74) is 4.13. The molecule has 2 rings (SSSR count). The summed E-state index contributed by atoms with van der Waals surface area (Å²) in [5.74, 6) is 0.554. The maximum atomic E-state index is 3.63. The highest BCUT2D eigenvalue weighted by Gasteiger charge is 2.10. The van der Waals surface area contributed by atoms with Gasteiger partial charge in [0.2, 0.25) is 0 Å². The maximum absolute atomic E-state index is 3.63. The number of halogens is 1. The first-order chi connectivity index (χ1) is 8.29. The van der Waals surface area contributed by atoms with Gasteiger partial charge >= 0.3 is 0 Å². The molecule has 0 bridgehead atoms. The van der Waals surface area contributed by atoms with Crippen molar-refractivity contribution in [2.75, 3.05) is 5.33 Å². The Balaban J connectivity index is 2.14. The Morgan fingerprint density at radius 3 is 2.18 bits per heavy atom. The lowest BCUT2D eigenvalue weighted by Crippen LogP contribution is -2.04. The van der Waals surface area contributed by atoms with Crippen LogP contribution in [0.3, 0.4) is 0 Å². The average Bonchev–Trinajstić information content (AvgIpc) is 2.38. The minimum atomic E-state index is 0.554. The van der Waals surface area contributed by atoms with E-state index >= 15 is 0 Å². The molecule has 0 spiro atoms. The van der Waals surface area contributed by atoms with Crippen LogP contribution in [0.4, 0.5) is 0 Å². The van der Waals surface area contributed by atoms with E-state index in [2.05, 4.69) is 77.5 Å². The second-order valence-electron chi connectivity index (χ2n) is 4.45. The van der Waals surface area contributed by atoms with Gasteiger partial charge in [-0.15, -0.1) is 0 Å². The Bertz CT molecular complexity index is 445. The van der Waals surface area contributed by atoms with Crippen LogP contribution in [-0.4, -0.2) is 5.33 Å². The summed E-state index contributed by atoms with van der Waals surface area (Å²) in [7, 11) is 0. The van der Waals surface area contributed by atoms with Gasteiger partial charge in [-0.2, -0.15) is 0 Å². The summed E-state index contributed by atoms with van der Waals surface area (Å²) in [4.78, 5) is 0. The van der Waals surface area contributed by atoms with Gasteiger partial charge in [-0.1, -0.05) is 76.1 Å². The van der Waals surface area contributed by atoms with Crippen LogP contribution in [0.25, 0.3) is 0 Å². The average molecular weight is 289 g/mol. The molecule has 0 aliphatic carbocycles. The van der Waals surface area contributed by atoms with Crippen LogP contribution in [-0.2, 0) is 6.42 Å². The highest BCUT2D eigenvalue weighted by molar-refractivity contribution is 9.09. The first-order valence-corrected chi connectivity index (χ1v) is 7.08. The van der Waals surface area contributed by atoms with E-state index in [-0.39, 0.29) is 0 Å². The highest BCUT2D eigenvalue weighted by atomic mass is 79.9. The highest BCUT2D eigenvalue weighted by Crippen LogP contribution is 2.23. The molecule has 1 atom stereocenters. The quantitative estimate of drug-likeness (QED) is 0.715. The van der Waals surface area contributed by atoms with Crippen LogP contribution < -0.4 is 0 Å². The van der Waals surface area contributed by atoms with E-state index in [1.54, 1.807) is 0 Å². The van der Waals surface area contributed by atoms with E-state index in [0.29, 0.717) is 5.92 Å². The Morgan fingerprint density at radius 2 is 1.59 bits per heavy atom. The number of benzene rings is 2. The van der Waals surface area contributed by atoms with Crippen molar-refractivity contribution >= 4 is 15.9 Å². The van der Waals surface area contributed by atoms with Gasteiger partial charge in [0.25, 0.3) is 0 Å². The molecule has 0 saturated heterocycles. The predicted octanol–water partition coefficient (Wildman–Crippen LogP) is 4.72. The fourth-order valence-electron chi connectivity index (χ4n) is 2.00. The van der Waals surface area contributed by atoms with Crippen LogP contribution in [0.5, 0.6) is 0 Å². The van der Waals surface area contributed by atoms with E-state index < -0.39 is 0 Å². The molecule has 0 nitrogen and oxygen atoms in total. The van der Waals surface area contributed by atoms with Crippen LogP contribution >= 0.6 is 15.9 Å². The minimum Gasteiger partial charge on any atom is -0.0921 e. The second kappa shape index (κ2) is 6.02. The summed E-state index contributed by atoms with van der Waals surface area (Å²) in [6, 6.07) is 19.5.